The van der Waals surface area contributed by atoms with Gasteiger partial charge in [0.1, 0.15) is 0 Å². The summed E-state index contributed by atoms with van der Waals surface area (Å²) in [6.07, 6.45) is 5.39. The van der Waals surface area contributed by atoms with Crippen LogP contribution in [0.15, 0.2) is 12.2 Å². The molecule has 1 N–H and O–H groups in total. The summed E-state index contributed by atoms with van der Waals surface area (Å²) in [6.45, 7) is 11.4. The zero-order chi connectivity index (χ0) is 17.5. The lowest BCUT2D eigenvalue weighted by molar-refractivity contribution is -0.134. The number of imide groups is 1. The molecular formula is C17H29NO4Si. The Kier molecular flexibility index (Phi) is 4.79. The minimum Gasteiger partial charge on any atom is -0.465 e. The van der Waals surface area contributed by atoms with Crippen molar-refractivity contribution in [3.05, 3.63) is 12.2 Å². The molecule has 6 heteroatoms. The molecule has 5 nitrogen and oxygen atoms in total. The minimum atomic E-state index is -1.85. The number of hydrogen-bond acceptors (Lipinski definition) is 3. The highest BCUT2D eigenvalue weighted by atomic mass is 28.4. The average Bonchev–Trinajstić information content (AvgIpc) is 2.95. The van der Waals surface area contributed by atoms with E-state index in [9.17, 15) is 14.7 Å². The van der Waals surface area contributed by atoms with Crippen molar-refractivity contribution in [2.45, 2.75) is 70.6 Å². The minimum absolute atomic E-state index is 0.127. The fourth-order valence-electron chi connectivity index (χ4n) is 3.23. The molecule has 0 unspecified atom stereocenters. The lowest BCUT2D eigenvalue weighted by Crippen LogP contribution is -2.43. The maximum Gasteiger partial charge on any atom is 0.414 e. The number of carboxylic acid groups (broad SMARTS) is 1. The number of rotatable bonds is 4. The van der Waals surface area contributed by atoms with Gasteiger partial charge < -0.3 is 9.53 Å². The molecule has 0 aromatic heterocycles. The van der Waals surface area contributed by atoms with Crippen molar-refractivity contribution in [3.8, 4) is 0 Å². The van der Waals surface area contributed by atoms with Gasteiger partial charge in [0.15, 0.2) is 8.32 Å². The van der Waals surface area contributed by atoms with E-state index in [0.29, 0.717) is 32.3 Å². The molecule has 2 amide bonds. The van der Waals surface area contributed by atoms with Gasteiger partial charge in [-0.15, -0.1) is 0 Å². The molecular weight excluding hydrogens is 310 g/mol. The summed E-state index contributed by atoms with van der Waals surface area (Å²) >= 11 is 0. The van der Waals surface area contributed by atoms with Crippen LogP contribution in [0.4, 0.5) is 4.79 Å². The number of hydrogen-bond donors (Lipinski definition) is 1. The van der Waals surface area contributed by atoms with Crippen LogP contribution in [0.25, 0.3) is 0 Å². The molecule has 1 atom stereocenters. The van der Waals surface area contributed by atoms with E-state index in [-0.39, 0.29) is 17.0 Å². The third-order valence-corrected chi connectivity index (χ3v) is 10.3. The Balaban J connectivity index is 2.01. The Morgan fingerprint density at radius 3 is 2.43 bits per heavy atom. The summed E-state index contributed by atoms with van der Waals surface area (Å²) in [7, 11) is -1.85. The lowest BCUT2D eigenvalue weighted by Gasteiger charge is -2.36. The third-order valence-electron chi connectivity index (χ3n) is 5.77. The van der Waals surface area contributed by atoms with Crippen LogP contribution in [0.1, 0.15) is 46.5 Å². The lowest BCUT2D eigenvalue weighted by atomic mass is 9.82. The summed E-state index contributed by atoms with van der Waals surface area (Å²) < 4.78 is 6.16. The third kappa shape index (κ3) is 3.38. The first-order chi connectivity index (χ1) is 10.5. The van der Waals surface area contributed by atoms with Crippen molar-refractivity contribution in [2.75, 3.05) is 6.61 Å². The van der Waals surface area contributed by atoms with Gasteiger partial charge in [0, 0.05) is 12.6 Å². The molecule has 0 aromatic carbocycles. The zero-order valence-electron chi connectivity index (χ0n) is 14.9. The van der Waals surface area contributed by atoms with Gasteiger partial charge in [-0.2, -0.15) is 0 Å². The van der Waals surface area contributed by atoms with Gasteiger partial charge in [-0.05, 0) is 43.8 Å². The van der Waals surface area contributed by atoms with Crippen molar-refractivity contribution in [2.24, 2.45) is 5.41 Å². The average molecular weight is 340 g/mol. The number of carbonyl (C=O) groups excluding carboxylic acids is 1. The van der Waals surface area contributed by atoms with Gasteiger partial charge in [0.25, 0.3) is 0 Å². The van der Waals surface area contributed by atoms with E-state index >= 15 is 0 Å². The Labute approximate surface area is 139 Å². The molecule has 1 aliphatic heterocycles. The molecule has 0 aromatic rings. The maximum absolute atomic E-state index is 12.6. The van der Waals surface area contributed by atoms with Crippen molar-refractivity contribution in [3.63, 3.8) is 0 Å². The summed E-state index contributed by atoms with van der Waals surface area (Å²) in [5.41, 5.74) is -0.514. The van der Waals surface area contributed by atoms with E-state index in [0.717, 1.165) is 4.90 Å². The highest BCUT2D eigenvalue weighted by Crippen LogP contribution is 2.46. The number of likely N-dealkylation sites (tertiary alicyclic amines) is 1. The maximum atomic E-state index is 12.6. The molecule has 0 radical (unpaired) electrons. The smallest absolute Gasteiger partial charge is 0.414 e. The predicted octanol–water partition coefficient (Wildman–Crippen LogP) is 4.01. The van der Waals surface area contributed by atoms with Crippen molar-refractivity contribution >= 4 is 20.3 Å². The van der Waals surface area contributed by atoms with Gasteiger partial charge in [-0.25, -0.2) is 9.69 Å². The first kappa shape index (κ1) is 18.2. The molecule has 2 aliphatic rings. The zero-order valence-corrected chi connectivity index (χ0v) is 15.9. The first-order valence-corrected chi connectivity index (χ1v) is 11.3. The number of amides is 2. The summed E-state index contributed by atoms with van der Waals surface area (Å²) in [6, 6.07) is -0.260. The molecule has 1 saturated heterocycles. The largest absolute Gasteiger partial charge is 0.465 e. The van der Waals surface area contributed by atoms with E-state index in [1.807, 2.05) is 12.2 Å². The van der Waals surface area contributed by atoms with Gasteiger partial charge in [-0.1, -0.05) is 32.9 Å². The topological polar surface area (TPSA) is 66.8 Å². The van der Waals surface area contributed by atoms with Gasteiger partial charge in [0.05, 0.1) is 5.41 Å². The summed E-state index contributed by atoms with van der Waals surface area (Å²) in [4.78, 5) is 25.2. The van der Waals surface area contributed by atoms with E-state index in [2.05, 4.69) is 33.9 Å². The first-order valence-electron chi connectivity index (χ1n) is 8.36. The molecule has 1 heterocycles. The van der Waals surface area contributed by atoms with Crippen LogP contribution < -0.4 is 0 Å². The van der Waals surface area contributed by atoms with Crippen LogP contribution in [0, 0.1) is 5.41 Å². The van der Waals surface area contributed by atoms with Crippen LogP contribution in [-0.4, -0.2) is 43.0 Å². The fourth-order valence-corrected chi connectivity index (χ4v) is 4.30. The number of nitrogens with zero attached hydrogens (tertiary/aromatic N) is 1. The van der Waals surface area contributed by atoms with Crippen LogP contribution in [0.5, 0.6) is 0 Å². The van der Waals surface area contributed by atoms with Crippen LogP contribution in [-0.2, 0) is 9.22 Å². The fraction of sp³-hybridized carbons (Fsp3) is 0.765. The van der Waals surface area contributed by atoms with Crippen molar-refractivity contribution in [1.29, 1.82) is 0 Å². The van der Waals surface area contributed by atoms with Crippen LogP contribution in [0.3, 0.4) is 0 Å². The van der Waals surface area contributed by atoms with Crippen molar-refractivity contribution in [1.82, 2.24) is 4.90 Å². The Bertz CT molecular complexity index is 513. The molecule has 1 aliphatic carbocycles. The second kappa shape index (κ2) is 6.05. The highest BCUT2D eigenvalue weighted by molar-refractivity contribution is 6.74. The van der Waals surface area contributed by atoms with E-state index < -0.39 is 19.8 Å². The standard InChI is InChI=1S/C17H29NO4Si/c1-16(2,3)23(4,5)22-11-8-13-12-17(9-6-7-10-17)14(19)18(13)15(20)21/h6-7,13H,8-12H2,1-5H3,(H,20,21)/t13-/m0/s1. The van der Waals surface area contributed by atoms with E-state index in [1.54, 1.807) is 0 Å². The molecule has 1 spiro atoms. The van der Waals surface area contributed by atoms with E-state index in [1.165, 1.54) is 0 Å². The molecule has 130 valence electrons. The summed E-state index contributed by atoms with van der Waals surface area (Å²) in [5.74, 6) is -0.229. The highest BCUT2D eigenvalue weighted by Gasteiger charge is 2.53. The monoisotopic (exact) mass is 339 g/mol. The normalized spacial score (nSPS) is 24.0. The quantitative estimate of drug-likeness (QED) is 0.620. The molecule has 2 rings (SSSR count). The second-order valence-electron chi connectivity index (χ2n) is 8.37. The van der Waals surface area contributed by atoms with Gasteiger partial charge in [-0.3, -0.25) is 4.79 Å². The predicted molar refractivity (Wildman–Crippen MR) is 91.8 cm³/mol. The second-order valence-corrected chi connectivity index (χ2v) is 13.2. The molecule has 0 saturated carbocycles. The van der Waals surface area contributed by atoms with Crippen molar-refractivity contribution < 1.29 is 19.1 Å². The van der Waals surface area contributed by atoms with E-state index in [4.69, 9.17) is 4.43 Å². The van der Waals surface area contributed by atoms with Crippen LogP contribution >= 0.6 is 0 Å². The Morgan fingerprint density at radius 2 is 1.96 bits per heavy atom. The Morgan fingerprint density at radius 1 is 1.39 bits per heavy atom. The molecule has 0 bridgehead atoms. The molecule has 1 fully saturated rings. The number of allylic oxidation sites excluding steroid dienone is 2. The number of carbonyl (C=O) groups is 2. The van der Waals surface area contributed by atoms with Crippen LogP contribution in [0.2, 0.25) is 18.1 Å². The molecule has 23 heavy (non-hydrogen) atoms. The summed E-state index contributed by atoms with van der Waals surface area (Å²) in [5, 5.41) is 9.57. The van der Waals surface area contributed by atoms with Gasteiger partial charge in [0.2, 0.25) is 5.91 Å². The SMILES string of the molecule is CC(C)(C)[Si](C)(C)OCC[C@H]1CC2(CC=CC2)C(=O)N1C(=O)O. The Hall–Kier alpha value is -1.14. The van der Waals surface area contributed by atoms with Gasteiger partial charge >= 0.3 is 6.09 Å².